The van der Waals surface area contributed by atoms with Gasteiger partial charge in [0, 0.05) is 18.6 Å². The Bertz CT molecular complexity index is 207. The molecule has 96 valence electrons. The van der Waals surface area contributed by atoms with Gasteiger partial charge in [-0.05, 0) is 50.9 Å². The normalized spacial score (nSPS) is 33.0. The summed E-state index contributed by atoms with van der Waals surface area (Å²) < 4.78 is 0. The summed E-state index contributed by atoms with van der Waals surface area (Å²) in [5.74, 6) is 3.47. The molecule has 0 aromatic heterocycles. The SMILES string of the molecule is CC(C)C1CC(C)N(C(C)C)CC1C(C)C. The predicted octanol–water partition coefficient (Wildman–Crippen LogP) is 4.03. The molecule has 0 aliphatic carbocycles. The molecule has 0 N–H and O–H groups in total. The minimum atomic E-state index is 0.698. The quantitative estimate of drug-likeness (QED) is 0.701. The van der Waals surface area contributed by atoms with E-state index in [0.717, 1.165) is 29.7 Å². The third kappa shape index (κ3) is 3.00. The monoisotopic (exact) mass is 225 g/mol. The second-order valence-electron chi connectivity index (χ2n) is 6.69. The van der Waals surface area contributed by atoms with E-state index in [9.17, 15) is 0 Å². The summed E-state index contributed by atoms with van der Waals surface area (Å²) >= 11 is 0. The molecular formula is C15H31N. The van der Waals surface area contributed by atoms with Gasteiger partial charge in [-0.3, -0.25) is 4.90 Å². The number of hydrogen-bond acceptors (Lipinski definition) is 1. The number of nitrogens with zero attached hydrogens (tertiary/aromatic N) is 1. The lowest BCUT2D eigenvalue weighted by Crippen LogP contribution is -2.51. The molecule has 16 heavy (non-hydrogen) atoms. The Morgan fingerprint density at radius 3 is 1.75 bits per heavy atom. The van der Waals surface area contributed by atoms with Gasteiger partial charge in [0.25, 0.3) is 0 Å². The summed E-state index contributed by atoms with van der Waals surface area (Å²) in [6, 6.07) is 1.46. The molecule has 1 heteroatoms. The molecule has 1 heterocycles. The lowest BCUT2D eigenvalue weighted by Gasteiger charge is -2.48. The second kappa shape index (κ2) is 5.53. The van der Waals surface area contributed by atoms with Crippen molar-refractivity contribution in [2.24, 2.45) is 23.7 Å². The van der Waals surface area contributed by atoms with Crippen LogP contribution in [0, 0.1) is 23.7 Å². The largest absolute Gasteiger partial charge is 0.298 e. The van der Waals surface area contributed by atoms with Crippen molar-refractivity contribution in [3.8, 4) is 0 Å². The van der Waals surface area contributed by atoms with E-state index in [-0.39, 0.29) is 0 Å². The van der Waals surface area contributed by atoms with Crippen LogP contribution in [0.1, 0.15) is 54.9 Å². The van der Waals surface area contributed by atoms with E-state index in [1.54, 1.807) is 0 Å². The number of rotatable bonds is 3. The maximum Gasteiger partial charge on any atom is 0.00725 e. The Labute approximate surface area is 103 Å². The highest BCUT2D eigenvalue weighted by Gasteiger charge is 2.37. The summed E-state index contributed by atoms with van der Waals surface area (Å²) in [5.41, 5.74) is 0. The first kappa shape index (κ1) is 14.0. The van der Waals surface area contributed by atoms with Crippen LogP contribution in [0.15, 0.2) is 0 Å². The van der Waals surface area contributed by atoms with E-state index in [2.05, 4.69) is 53.4 Å². The molecule has 1 aliphatic heterocycles. The first-order chi connectivity index (χ1) is 7.34. The zero-order valence-electron chi connectivity index (χ0n) is 12.3. The third-order valence-electron chi connectivity index (χ3n) is 4.53. The molecule has 0 aromatic rings. The predicted molar refractivity (Wildman–Crippen MR) is 72.6 cm³/mol. The van der Waals surface area contributed by atoms with Crippen LogP contribution in [0.25, 0.3) is 0 Å². The Hall–Kier alpha value is -0.0400. The van der Waals surface area contributed by atoms with Gasteiger partial charge in [-0.1, -0.05) is 27.7 Å². The topological polar surface area (TPSA) is 3.24 Å². The summed E-state index contributed by atoms with van der Waals surface area (Å²) in [6.07, 6.45) is 1.39. The fraction of sp³-hybridized carbons (Fsp3) is 1.00. The van der Waals surface area contributed by atoms with Crippen molar-refractivity contribution in [3.05, 3.63) is 0 Å². The maximum absolute atomic E-state index is 2.70. The molecule has 1 aliphatic rings. The molecule has 0 aromatic carbocycles. The molecule has 1 fully saturated rings. The Kier molecular flexibility index (Phi) is 4.85. The van der Waals surface area contributed by atoms with E-state index in [0.29, 0.717) is 6.04 Å². The highest BCUT2D eigenvalue weighted by molar-refractivity contribution is 4.89. The minimum Gasteiger partial charge on any atom is -0.298 e. The van der Waals surface area contributed by atoms with Crippen LogP contribution < -0.4 is 0 Å². The lowest BCUT2D eigenvalue weighted by atomic mass is 9.71. The Morgan fingerprint density at radius 1 is 0.875 bits per heavy atom. The molecule has 0 bridgehead atoms. The standard InChI is InChI=1S/C15H31N/c1-10(2)14-8-13(7)16(12(5)6)9-15(14)11(3)4/h10-15H,8-9H2,1-7H3. The summed E-state index contributed by atoms with van der Waals surface area (Å²) in [4.78, 5) is 2.70. The molecule has 1 nitrogen and oxygen atoms in total. The average molecular weight is 225 g/mol. The number of likely N-dealkylation sites (tertiary alicyclic amines) is 1. The van der Waals surface area contributed by atoms with E-state index in [1.807, 2.05) is 0 Å². The molecule has 0 saturated carbocycles. The van der Waals surface area contributed by atoms with E-state index < -0.39 is 0 Å². The van der Waals surface area contributed by atoms with Gasteiger partial charge >= 0.3 is 0 Å². The van der Waals surface area contributed by atoms with Gasteiger partial charge in [0.15, 0.2) is 0 Å². The van der Waals surface area contributed by atoms with Crippen LogP contribution in [0.5, 0.6) is 0 Å². The molecule has 0 radical (unpaired) electrons. The average Bonchev–Trinajstić information content (AvgIpc) is 2.15. The summed E-state index contributed by atoms with van der Waals surface area (Å²) in [6.45, 7) is 18.0. The van der Waals surface area contributed by atoms with Crippen LogP contribution in [-0.2, 0) is 0 Å². The van der Waals surface area contributed by atoms with Crippen LogP contribution >= 0.6 is 0 Å². The summed E-state index contributed by atoms with van der Waals surface area (Å²) in [5, 5.41) is 0. The molecule has 1 saturated heterocycles. The fourth-order valence-corrected chi connectivity index (χ4v) is 3.45. The molecule has 3 atom stereocenters. The second-order valence-corrected chi connectivity index (χ2v) is 6.69. The number of piperidine rings is 1. The highest BCUT2D eigenvalue weighted by Crippen LogP contribution is 2.37. The minimum absolute atomic E-state index is 0.698. The van der Waals surface area contributed by atoms with E-state index >= 15 is 0 Å². The van der Waals surface area contributed by atoms with Gasteiger partial charge in [0.1, 0.15) is 0 Å². The van der Waals surface area contributed by atoms with Crippen LogP contribution in [-0.4, -0.2) is 23.5 Å². The van der Waals surface area contributed by atoms with Crippen LogP contribution in [0.2, 0.25) is 0 Å². The fourth-order valence-electron chi connectivity index (χ4n) is 3.45. The number of hydrogen-bond donors (Lipinski definition) is 0. The van der Waals surface area contributed by atoms with Gasteiger partial charge < -0.3 is 0 Å². The van der Waals surface area contributed by atoms with Crippen molar-refractivity contribution in [1.29, 1.82) is 0 Å². The zero-order chi connectivity index (χ0) is 12.5. The van der Waals surface area contributed by atoms with Crippen molar-refractivity contribution in [1.82, 2.24) is 4.90 Å². The first-order valence-corrected chi connectivity index (χ1v) is 7.10. The van der Waals surface area contributed by atoms with Crippen molar-refractivity contribution in [3.63, 3.8) is 0 Å². The molecule has 0 amide bonds. The van der Waals surface area contributed by atoms with Crippen molar-refractivity contribution >= 4 is 0 Å². The molecular weight excluding hydrogens is 194 g/mol. The van der Waals surface area contributed by atoms with Crippen LogP contribution in [0.4, 0.5) is 0 Å². The van der Waals surface area contributed by atoms with Crippen molar-refractivity contribution in [2.45, 2.75) is 67.0 Å². The van der Waals surface area contributed by atoms with E-state index in [1.165, 1.54) is 13.0 Å². The van der Waals surface area contributed by atoms with Crippen molar-refractivity contribution in [2.75, 3.05) is 6.54 Å². The van der Waals surface area contributed by atoms with Gasteiger partial charge in [-0.15, -0.1) is 0 Å². The Balaban J connectivity index is 2.78. The first-order valence-electron chi connectivity index (χ1n) is 7.10. The lowest BCUT2D eigenvalue weighted by molar-refractivity contribution is 0.00901. The van der Waals surface area contributed by atoms with Gasteiger partial charge in [0.05, 0.1) is 0 Å². The van der Waals surface area contributed by atoms with Crippen molar-refractivity contribution < 1.29 is 0 Å². The molecule has 3 unspecified atom stereocenters. The Morgan fingerprint density at radius 2 is 1.38 bits per heavy atom. The zero-order valence-corrected chi connectivity index (χ0v) is 12.3. The van der Waals surface area contributed by atoms with Crippen LogP contribution in [0.3, 0.4) is 0 Å². The van der Waals surface area contributed by atoms with Gasteiger partial charge in [0.2, 0.25) is 0 Å². The molecule has 0 spiro atoms. The highest BCUT2D eigenvalue weighted by atomic mass is 15.2. The third-order valence-corrected chi connectivity index (χ3v) is 4.53. The van der Waals surface area contributed by atoms with E-state index in [4.69, 9.17) is 0 Å². The van der Waals surface area contributed by atoms with Gasteiger partial charge in [-0.2, -0.15) is 0 Å². The smallest absolute Gasteiger partial charge is 0.00725 e. The maximum atomic E-state index is 2.70. The molecule has 1 rings (SSSR count). The summed E-state index contributed by atoms with van der Waals surface area (Å²) in [7, 11) is 0. The van der Waals surface area contributed by atoms with Gasteiger partial charge in [-0.25, -0.2) is 0 Å².